The van der Waals surface area contributed by atoms with Gasteiger partial charge >= 0.3 is 0 Å². The number of carbonyl (C=O) groups is 3. The molecule has 0 aliphatic carbocycles. The maximum Gasteiger partial charge on any atom is 0.252 e. The lowest BCUT2D eigenvalue weighted by atomic mass is 10.0. The Morgan fingerprint density at radius 2 is 2.11 bits per heavy atom. The Morgan fingerprint density at radius 1 is 1.37 bits per heavy atom. The van der Waals surface area contributed by atoms with Crippen LogP contribution in [0.15, 0.2) is 0 Å². The molecule has 106 valence electrons. The molecule has 6 heteroatoms. The third-order valence-electron chi connectivity index (χ3n) is 3.64. The first-order chi connectivity index (χ1) is 9.00. The van der Waals surface area contributed by atoms with E-state index in [0.29, 0.717) is 0 Å². The summed E-state index contributed by atoms with van der Waals surface area (Å²) in [4.78, 5) is 37.0. The van der Waals surface area contributed by atoms with Crippen molar-refractivity contribution in [3.63, 3.8) is 0 Å². The minimum absolute atomic E-state index is 0.0788. The van der Waals surface area contributed by atoms with Crippen molar-refractivity contribution in [2.24, 2.45) is 0 Å². The molecule has 6 nitrogen and oxygen atoms in total. The molecule has 3 amide bonds. The third-order valence-corrected chi connectivity index (χ3v) is 3.64. The molecule has 2 unspecified atom stereocenters. The fraction of sp³-hybridized carbons (Fsp3) is 0.769. The van der Waals surface area contributed by atoms with Crippen LogP contribution in [0.4, 0.5) is 0 Å². The van der Waals surface area contributed by atoms with Gasteiger partial charge in [0, 0.05) is 6.04 Å². The summed E-state index contributed by atoms with van der Waals surface area (Å²) in [6, 6.07) is -1.08. The van der Waals surface area contributed by atoms with E-state index in [9.17, 15) is 14.4 Å². The molecule has 2 aliphatic heterocycles. The van der Waals surface area contributed by atoms with E-state index in [-0.39, 0.29) is 36.2 Å². The Labute approximate surface area is 112 Å². The van der Waals surface area contributed by atoms with E-state index in [1.165, 1.54) is 4.90 Å². The highest BCUT2D eigenvalue weighted by Gasteiger charge is 2.41. The Balaban J connectivity index is 1.94. The molecule has 2 saturated heterocycles. The molecule has 2 rings (SSSR count). The van der Waals surface area contributed by atoms with Crippen molar-refractivity contribution in [1.29, 1.82) is 0 Å². The summed E-state index contributed by atoms with van der Waals surface area (Å²) < 4.78 is 0. The molecule has 0 aromatic heterocycles. The zero-order valence-corrected chi connectivity index (χ0v) is 11.4. The molecule has 2 fully saturated rings. The van der Waals surface area contributed by atoms with Gasteiger partial charge in [-0.15, -0.1) is 0 Å². The van der Waals surface area contributed by atoms with Gasteiger partial charge in [-0.2, -0.15) is 0 Å². The number of hydrogen-bond acceptors (Lipinski definition) is 4. The average molecular weight is 267 g/mol. The van der Waals surface area contributed by atoms with Gasteiger partial charge in [-0.05, 0) is 33.2 Å². The smallest absolute Gasteiger partial charge is 0.252 e. The quantitative estimate of drug-likeness (QED) is 0.693. The number of hydrogen-bond donors (Lipinski definition) is 2. The number of imide groups is 1. The lowest BCUT2D eigenvalue weighted by molar-refractivity contribution is -0.141. The highest BCUT2D eigenvalue weighted by molar-refractivity contribution is 6.07. The number of rotatable bonds is 3. The lowest BCUT2D eigenvalue weighted by Gasteiger charge is -2.24. The van der Waals surface area contributed by atoms with Gasteiger partial charge < -0.3 is 10.6 Å². The third kappa shape index (κ3) is 2.94. The Hall–Kier alpha value is -1.43. The molecular weight excluding hydrogens is 246 g/mol. The molecule has 0 aromatic carbocycles. The van der Waals surface area contributed by atoms with E-state index in [1.807, 2.05) is 0 Å². The van der Waals surface area contributed by atoms with Gasteiger partial charge in [0.1, 0.15) is 6.04 Å². The normalized spacial score (nSPS) is 28.1. The van der Waals surface area contributed by atoms with Crippen molar-refractivity contribution < 1.29 is 14.4 Å². The van der Waals surface area contributed by atoms with Crippen molar-refractivity contribution in [1.82, 2.24) is 15.5 Å². The van der Waals surface area contributed by atoms with Crippen LogP contribution in [-0.4, -0.2) is 47.3 Å². The largest absolute Gasteiger partial charge is 0.342 e. The zero-order valence-electron chi connectivity index (χ0n) is 11.4. The summed E-state index contributed by atoms with van der Waals surface area (Å²) in [5.74, 6) is -0.664. The van der Waals surface area contributed by atoms with Crippen LogP contribution in [0.1, 0.15) is 39.5 Å². The standard InChI is InChI=1S/C13H21N3O3/c1-8(2)16-11(17)7-10(13(16)19)15-12(18)9-5-3-4-6-14-9/h8-10,14H,3-7H2,1-2H3,(H,15,18). The van der Waals surface area contributed by atoms with Crippen molar-refractivity contribution in [3.8, 4) is 0 Å². The molecular formula is C13H21N3O3. The van der Waals surface area contributed by atoms with Crippen LogP contribution in [0.3, 0.4) is 0 Å². The second-order valence-corrected chi connectivity index (χ2v) is 5.46. The maximum atomic E-state index is 12.0. The predicted molar refractivity (Wildman–Crippen MR) is 69.2 cm³/mol. The first-order valence-electron chi connectivity index (χ1n) is 6.90. The summed E-state index contributed by atoms with van der Waals surface area (Å²) in [6.45, 7) is 4.42. The van der Waals surface area contributed by atoms with E-state index in [2.05, 4.69) is 10.6 Å². The van der Waals surface area contributed by atoms with Crippen LogP contribution in [0.25, 0.3) is 0 Å². The topological polar surface area (TPSA) is 78.5 Å². The first kappa shape index (κ1) is 14.0. The number of nitrogens with one attached hydrogen (secondary N) is 2. The summed E-state index contributed by atoms with van der Waals surface area (Å²) in [5.41, 5.74) is 0. The van der Waals surface area contributed by atoms with Gasteiger partial charge in [0.05, 0.1) is 12.5 Å². The van der Waals surface area contributed by atoms with E-state index < -0.39 is 6.04 Å². The zero-order chi connectivity index (χ0) is 14.0. The lowest BCUT2D eigenvalue weighted by Crippen LogP contribution is -2.51. The predicted octanol–water partition coefficient (Wildman–Crippen LogP) is -0.219. The van der Waals surface area contributed by atoms with Crippen LogP contribution in [0, 0.1) is 0 Å². The van der Waals surface area contributed by atoms with Gasteiger partial charge in [-0.25, -0.2) is 0 Å². The monoisotopic (exact) mass is 267 g/mol. The van der Waals surface area contributed by atoms with Crippen molar-refractivity contribution in [2.45, 2.75) is 57.7 Å². The van der Waals surface area contributed by atoms with Gasteiger partial charge in [0.15, 0.2) is 0 Å². The summed E-state index contributed by atoms with van der Waals surface area (Å²) in [7, 11) is 0. The SMILES string of the molecule is CC(C)N1C(=O)CC(NC(=O)C2CCCCN2)C1=O. The van der Waals surface area contributed by atoms with E-state index in [0.717, 1.165) is 25.8 Å². The van der Waals surface area contributed by atoms with E-state index in [4.69, 9.17) is 0 Å². The average Bonchev–Trinajstić information content (AvgIpc) is 2.65. The first-order valence-corrected chi connectivity index (χ1v) is 6.90. The summed E-state index contributed by atoms with van der Waals surface area (Å²) in [6.07, 6.45) is 2.95. The van der Waals surface area contributed by atoms with Gasteiger partial charge in [0.25, 0.3) is 5.91 Å². The van der Waals surface area contributed by atoms with Crippen molar-refractivity contribution in [3.05, 3.63) is 0 Å². The Morgan fingerprint density at radius 3 is 2.63 bits per heavy atom. The highest BCUT2D eigenvalue weighted by Crippen LogP contribution is 2.17. The van der Waals surface area contributed by atoms with Crippen LogP contribution < -0.4 is 10.6 Å². The number of nitrogens with zero attached hydrogens (tertiary/aromatic N) is 1. The van der Waals surface area contributed by atoms with Gasteiger partial charge in [0.2, 0.25) is 11.8 Å². The van der Waals surface area contributed by atoms with E-state index >= 15 is 0 Å². The second kappa shape index (κ2) is 5.69. The van der Waals surface area contributed by atoms with Gasteiger partial charge in [-0.1, -0.05) is 6.42 Å². The van der Waals surface area contributed by atoms with Crippen molar-refractivity contribution >= 4 is 17.7 Å². The molecule has 2 atom stereocenters. The van der Waals surface area contributed by atoms with Crippen LogP contribution in [0.2, 0.25) is 0 Å². The Bertz CT molecular complexity index is 389. The Kier molecular flexibility index (Phi) is 4.19. The number of piperidine rings is 1. The fourth-order valence-electron chi connectivity index (χ4n) is 2.65. The van der Waals surface area contributed by atoms with Crippen molar-refractivity contribution in [2.75, 3.05) is 6.54 Å². The molecule has 19 heavy (non-hydrogen) atoms. The number of carbonyl (C=O) groups excluding carboxylic acids is 3. The summed E-state index contributed by atoms with van der Waals surface area (Å²) >= 11 is 0. The van der Waals surface area contributed by atoms with Crippen LogP contribution in [0.5, 0.6) is 0 Å². The van der Waals surface area contributed by atoms with Gasteiger partial charge in [-0.3, -0.25) is 19.3 Å². The minimum atomic E-state index is -0.689. The van der Waals surface area contributed by atoms with Crippen LogP contribution >= 0.6 is 0 Å². The molecule has 0 bridgehead atoms. The molecule has 0 radical (unpaired) electrons. The summed E-state index contributed by atoms with van der Waals surface area (Å²) in [5, 5.41) is 5.83. The second-order valence-electron chi connectivity index (χ2n) is 5.46. The highest BCUT2D eigenvalue weighted by atomic mass is 16.2. The molecule has 2 heterocycles. The number of likely N-dealkylation sites (tertiary alicyclic amines) is 1. The minimum Gasteiger partial charge on any atom is -0.342 e. The molecule has 0 aromatic rings. The molecule has 0 spiro atoms. The van der Waals surface area contributed by atoms with Crippen LogP contribution in [-0.2, 0) is 14.4 Å². The van der Waals surface area contributed by atoms with E-state index in [1.54, 1.807) is 13.8 Å². The molecule has 2 N–H and O–H groups in total. The fourth-order valence-corrected chi connectivity index (χ4v) is 2.65. The number of amides is 3. The molecule has 2 aliphatic rings. The molecule has 0 saturated carbocycles. The maximum absolute atomic E-state index is 12.0.